The highest BCUT2D eigenvalue weighted by atomic mass is 14.4. The van der Waals surface area contributed by atoms with E-state index in [1.807, 2.05) is 0 Å². The normalized spacial score (nSPS) is 14.7. The standard InChI is InChI=1S/C23H20/c1-2-3-17-23(18-11-5-4-6-12-18)21-15-9-7-13-19(21)20-14-8-10-16-22(20)23/h3-17H,2H2,1H3/b17-3+. The van der Waals surface area contributed by atoms with Crippen LogP contribution in [-0.2, 0) is 5.41 Å². The summed E-state index contributed by atoms with van der Waals surface area (Å²) < 4.78 is 0. The van der Waals surface area contributed by atoms with Crippen LogP contribution in [0.4, 0.5) is 0 Å². The Morgan fingerprint density at radius 2 is 1.22 bits per heavy atom. The van der Waals surface area contributed by atoms with E-state index < -0.39 is 0 Å². The zero-order valence-electron chi connectivity index (χ0n) is 13.4. The van der Waals surface area contributed by atoms with Crippen molar-refractivity contribution in [2.75, 3.05) is 0 Å². The van der Waals surface area contributed by atoms with Gasteiger partial charge in [0, 0.05) is 0 Å². The lowest BCUT2D eigenvalue weighted by Gasteiger charge is -2.29. The molecule has 1 aliphatic rings. The monoisotopic (exact) mass is 296 g/mol. The van der Waals surface area contributed by atoms with E-state index in [1.54, 1.807) is 0 Å². The Bertz CT molecular complexity index is 810. The van der Waals surface area contributed by atoms with Crippen LogP contribution in [-0.4, -0.2) is 0 Å². The Balaban J connectivity index is 2.12. The van der Waals surface area contributed by atoms with E-state index in [9.17, 15) is 0 Å². The molecule has 0 N–H and O–H groups in total. The van der Waals surface area contributed by atoms with Crippen LogP contribution in [0.3, 0.4) is 0 Å². The van der Waals surface area contributed by atoms with Crippen molar-refractivity contribution < 1.29 is 0 Å². The average molecular weight is 296 g/mol. The minimum absolute atomic E-state index is 0.176. The smallest absolute Gasteiger partial charge is 0.0644 e. The SMILES string of the molecule is CC/C=C/C1(c2ccccc2)c2ccccc2-c2ccccc21. The highest BCUT2D eigenvalue weighted by molar-refractivity contribution is 5.84. The second-order valence-corrected chi connectivity index (χ2v) is 6.08. The Labute approximate surface area is 138 Å². The molecule has 4 rings (SSSR count). The summed E-state index contributed by atoms with van der Waals surface area (Å²) in [5.41, 5.74) is 6.64. The molecule has 0 bridgehead atoms. The molecule has 3 aromatic carbocycles. The summed E-state index contributed by atoms with van der Waals surface area (Å²) in [5, 5.41) is 0. The second-order valence-electron chi connectivity index (χ2n) is 6.08. The molecule has 0 aromatic heterocycles. The number of hydrogen-bond acceptors (Lipinski definition) is 0. The molecule has 112 valence electrons. The van der Waals surface area contributed by atoms with Gasteiger partial charge in [-0.05, 0) is 34.2 Å². The molecule has 1 aliphatic carbocycles. The Morgan fingerprint density at radius 3 is 1.78 bits per heavy atom. The first-order chi connectivity index (χ1) is 11.4. The van der Waals surface area contributed by atoms with Crippen LogP contribution in [0.1, 0.15) is 30.0 Å². The quantitative estimate of drug-likeness (QED) is 0.522. The predicted octanol–water partition coefficient (Wildman–Crippen LogP) is 5.97. The van der Waals surface area contributed by atoms with E-state index in [1.165, 1.54) is 27.8 Å². The molecule has 0 spiro atoms. The number of fused-ring (bicyclic) bond motifs is 3. The number of benzene rings is 3. The topological polar surface area (TPSA) is 0 Å². The van der Waals surface area contributed by atoms with Gasteiger partial charge in [0.2, 0.25) is 0 Å². The molecular weight excluding hydrogens is 276 g/mol. The van der Waals surface area contributed by atoms with Crippen LogP contribution in [0.2, 0.25) is 0 Å². The van der Waals surface area contributed by atoms with Gasteiger partial charge < -0.3 is 0 Å². The minimum atomic E-state index is -0.176. The summed E-state index contributed by atoms with van der Waals surface area (Å²) in [4.78, 5) is 0. The molecule has 0 saturated heterocycles. The van der Waals surface area contributed by atoms with Gasteiger partial charge in [-0.1, -0.05) is 97.9 Å². The van der Waals surface area contributed by atoms with Crippen molar-refractivity contribution in [3.05, 3.63) is 108 Å². The fourth-order valence-corrected chi connectivity index (χ4v) is 3.85. The zero-order chi connectivity index (χ0) is 15.7. The van der Waals surface area contributed by atoms with Crippen LogP contribution >= 0.6 is 0 Å². The van der Waals surface area contributed by atoms with E-state index >= 15 is 0 Å². The van der Waals surface area contributed by atoms with Gasteiger partial charge in [-0.15, -0.1) is 0 Å². The fourth-order valence-electron chi connectivity index (χ4n) is 3.85. The summed E-state index contributed by atoms with van der Waals surface area (Å²) in [6, 6.07) is 28.5. The molecule has 0 aliphatic heterocycles. The molecule has 0 saturated carbocycles. The van der Waals surface area contributed by atoms with Gasteiger partial charge in [0.25, 0.3) is 0 Å². The van der Waals surface area contributed by atoms with Crippen molar-refractivity contribution in [2.24, 2.45) is 0 Å². The maximum atomic E-state index is 2.40. The van der Waals surface area contributed by atoms with Gasteiger partial charge in [-0.25, -0.2) is 0 Å². The number of allylic oxidation sites excluding steroid dienone is 2. The first-order valence-electron chi connectivity index (χ1n) is 8.30. The second kappa shape index (κ2) is 5.55. The number of rotatable bonds is 3. The first kappa shape index (κ1) is 14.0. The summed E-state index contributed by atoms with van der Waals surface area (Å²) in [7, 11) is 0. The average Bonchev–Trinajstić information content (AvgIpc) is 2.92. The Morgan fingerprint density at radius 1 is 0.696 bits per heavy atom. The van der Waals surface area contributed by atoms with Crippen molar-refractivity contribution in [3.63, 3.8) is 0 Å². The largest absolute Gasteiger partial charge is 0.0873 e. The summed E-state index contributed by atoms with van der Waals surface area (Å²) in [6.45, 7) is 2.20. The molecule has 0 atom stereocenters. The van der Waals surface area contributed by atoms with Gasteiger partial charge >= 0.3 is 0 Å². The van der Waals surface area contributed by atoms with Gasteiger partial charge in [0.15, 0.2) is 0 Å². The van der Waals surface area contributed by atoms with Gasteiger partial charge in [-0.2, -0.15) is 0 Å². The van der Waals surface area contributed by atoms with Gasteiger partial charge in [0.05, 0.1) is 5.41 Å². The summed E-state index contributed by atoms with van der Waals surface area (Å²) in [6.07, 6.45) is 5.73. The van der Waals surface area contributed by atoms with Gasteiger partial charge in [-0.3, -0.25) is 0 Å². The molecule has 0 unspecified atom stereocenters. The maximum absolute atomic E-state index is 2.40. The lowest BCUT2D eigenvalue weighted by molar-refractivity contribution is 0.799. The maximum Gasteiger partial charge on any atom is 0.0644 e. The Hall–Kier alpha value is -2.60. The summed E-state index contributed by atoms with van der Waals surface area (Å²) in [5.74, 6) is 0. The third kappa shape index (κ3) is 1.98. The van der Waals surface area contributed by atoms with E-state index in [2.05, 4.69) is 97.9 Å². The predicted molar refractivity (Wildman–Crippen MR) is 97.6 cm³/mol. The van der Waals surface area contributed by atoms with Crippen LogP contribution in [0, 0.1) is 0 Å². The Kier molecular flexibility index (Phi) is 3.38. The van der Waals surface area contributed by atoms with Crippen molar-refractivity contribution in [1.29, 1.82) is 0 Å². The van der Waals surface area contributed by atoms with Crippen molar-refractivity contribution in [1.82, 2.24) is 0 Å². The lowest BCUT2D eigenvalue weighted by Crippen LogP contribution is -2.24. The van der Waals surface area contributed by atoms with Crippen molar-refractivity contribution in [3.8, 4) is 11.1 Å². The van der Waals surface area contributed by atoms with Crippen LogP contribution < -0.4 is 0 Å². The molecule has 3 aromatic rings. The third-order valence-corrected chi connectivity index (χ3v) is 4.83. The van der Waals surface area contributed by atoms with Crippen LogP contribution in [0.5, 0.6) is 0 Å². The van der Waals surface area contributed by atoms with Gasteiger partial charge in [0.1, 0.15) is 0 Å². The molecule has 23 heavy (non-hydrogen) atoms. The van der Waals surface area contributed by atoms with Crippen LogP contribution in [0.25, 0.3) is 11.1 Å². The molecule has 0 heterocycles. The minimum Gasteiger partial charge on any atom is -0.0873 e. The van der Waals surface area contributed by atoms with Crippen molar-refractivity contribution in [2.45, 2.75) is 18.8 Å². The molecule has 0 radical (unpaired) electrons. The van der Waals surface area contributed by atoms with Crippen LogP contribution in [0.15, 0.2) is 91.0 Å². The number of hydrogen-bond donors (Lipinski definition) is 0. The molecule has 0 fully saturated rings. The molecule has 0 nitrogen and oxygen atoms in total. The first-order valence-corrected chi connectivity index (χ1v) is 8.30. The fraction of sp³-hybridized carbons (Fsp3) is 0.130. The van der Waals surface area contributed by atoms with Crippen molar-refractivity contribution >= 4 is 0 Å². The molecular formula is C23H20. The lowest BCUT2D eigenvalue weighted by atomic mass is 9.72. The molecule has 0 heteroatoms. The van der Waals surface area contributed by atoms with E-state index in [-0.39, 0.29) is 5.41 Å². The zero-order valence-corrected chi connectivity index (χ0v) is 13.4. The van der Waals surface area contributed by atoms with E-state index in [0.717, 1.165) is 6.42 Å². The third-order valence-electron chi connectivity index (χ3n) is 4.83. The highest BCUT2D eigenvalue weighted by Gasteiger charge is 2.42. The summed E-state index contributed by atoms with van der Waals surface area (Å²) >= 11 is 0. The molecule has 0 amide bonds. The highest BCUT2D eigenvalue weighted by Crippen LogP contribution is 2.53. The van der Waals surface area contributed by atoms with E-state index in [0.29, 0.717) is 0 Å². The van der Waals surface area contributed by atoms with E-state index in [4.69, 9.17) is 0 Å².